The zero-order chi connectivity index (χ0) is 34.1. The Hall–Kier alpha value is -5.20. The van der Waals surface area contributed by atoms with Crippen molar-refractivity contribution in [2.75, 3.05) is 39.8 Å². The molecule has 0 fully saturated rings. The molecule has 5 aromatic carbocycles. The van der Waals surface area contributed by atoms with Crippen molar-refractivity contribution >= 4 is 11.8 Å². The number of carbonyl (C=O) groups is 2. The predicted molar refractivity (Wildman–Crippen MR) is 198 cm³/mol. The number of benzene rings is 5. The summed E-state index contributed by atoms with van der Waals surface area (Å²) in [7, 11) is 1.64. The third-order valence-corrected chi connectivity index (χ3v) is 8.97. The minimum Gasteiger partial charge on any atom is -0.497 e. The number of hydrogen-bond acceptors (Lipinski definition) is 4. The first-order valence-electron chi connectivity index (χ1n) is 17.2. The number of amides is 2. The molecule has 0 aliphatic rings. The minimum absolute atomic E-state index is 0.00860. The van der Waals surface area contributed by atoms with E-state index < -0.39 is 0 Å². The van der Waals surface area contributed by atoms with Crippen molar-refractivity contribution in [1.29, 1.82) is 0 Å². The van der Waals surface area contributed by atoms with Gasteiger partial charge in [0.2, 0.25) is 11.8 Å². The van der Waals surface area contributed by atoms with Gasteiger partial charge in [-0.15, -0.1) is 0 Å². The summed E-state index contributed by atoms with van der Waals surface area (Å²) in [6.07, 6.45) is 2.24. The van der Waals surface area contributed by atoms with Crippen molar-refractivity contribution < 1.29 is 14.3 Å². The zero-order valence-electron chi connectivity index (χ0n) is 28.3. The first-order valence-corrected chi connectivity index (χ1v) is 17.2. The van der Waals surface area contributed by atoms with Crippen LogP contribution in [-0.2, 0) is 16.0 Å². The van der Waals surface area contributed by atoms with Crippen molar-refractivity contribution in [3.8, 4) is 5.75 Å². The highest BCUT2D eigenvalue weighted by atomic mass is 16.5. The van der Waals surface area contributed by atoms with Crippen LogP contribution in [-0.4, -0.2) is 56.5 Å². The molecule has 2 amide bonds. The Balaban J connectivity index is 1.18. The summed E-state index contributed by atoms with van der Waals surface area (Å²) in [6, 6.07) is 49.6. The quantitative estimate of drug-likeness (QED) is 0.0981. The van der Waals surface area contributed by atoms with Crippen molar-refractivity contribution in [3.05, 3.63) is 173 Å². The molecule has 0 atom stereocenters. The van der Waals surface area contributed by atoms with Gasteiger partial charge in [0.25, 0.3) is 0 Å². The van der Waals surface area contributed by atoms with E-state index in [2.05, 4.69) is 83.4 Å². The minimum atomic E-state index is -0.156. The second kappa shape index (κ2) is 19.0. The van der Waals surface area contributed by atoms with E-state index in [-0.39, 0.29) is 36.7 Å². The molecule has 0 aromatic heterocycles. The van der Waals surface area contributed by atoms with E-state index in [1.807, 2.05) is 72.8 Å². The van der Waals surface area contributed by atoms with Crippen LogP contribution in [0, 0.1) is 0 Å². The van der Waals surface area contributed by atoms with Gasteiger partial charge in [-0.1, -0.05) is 133 Å². The second-order valence-corrected chi connectivity index (χ2v) is 12.3. The smallest absolute Gasteiger partial charge is 0.239 e. The Morgan fingerprint density at radius 1 is 0.612 bits per heavy atom. The van der Waals surface area contributed by atoms with Crippen LogP contribution in [0.5, 0.6) is 5.75 Å². The fourth-order valence-corrected chi connectivity index (χ4v) is 6.28. The maximum absolute atomic E-state index is 13.6. The summed E-state index contributed by atoms with van der Waals surface area (Å²) in [6.45, 7) is 1.78. The lowest BCUT2D eigenvalue weighted by Crippen LogP contribution is -2.45. The molecule has 0 bridgehead atoms. The molecule has 0 radical (unpaired) electrons. The molecular formula is C43H47N3O3. The highest BCUT2D eigenvalue weighted by Crippen LogP contribution is 2.28. The number of carbonyl (C=O) groups excluding carboxylic acids is 2. The second-order valence-electron chi connectivity index (χ2n) is 12.3. The molecule has 0 saturated carbocycles. The Morgan fingerprint density at radius 3 is 1.51 bits per heavy atom. The third-order valence-electron chi connectivity index (χ3n) is 8.97. The molecule has 6 heteroatoms. The normalized spacial score (nSPS) is 11.0. The monoisotopic (exact) mass is 653 g/mol. The highest BCUT2D eigenvalue weighted by Gasteiger charge is 2.19. The molecular weight excluding hydrogens is 606 g/mol. The Labute approximate surface area is 291 Å². The largest absolute Gasteiger partial charge is 0.497 e. The van der Waals surface area contributed by atoms with Gasteiger partial charge in [-0.2, -0.15) is 0 Å². The lowest BCUT2D eigenvalue weighted by atomic mass is 9.88. The third kappa shape index (κ3) is 10.9. The van der Waals surface area contributed by atoms with Gasteiger partial charge >= 0.3 is 0 Å². The Morgan fingerprint density at radius 2 is 1.06 bits per heavy atom. The molecule has 5 aromatic rings. The highest BCUT2D eigenvalue weighted by molar-refractivity contribution is 5.85. The first-order chi connectivity index (χ1) is 24.1. The molecule has 6 nitrogen and oxygen atoms in total. The van der Waals surface area contributed by atoms with Gasteiger partial charge in [0, 0.05) is 24.9 Å². The maximum atomic E-state index is 13.6. The molecule has 0 saturated heterocycles. The van der Waals surface area contributed by atoms with Crippen LogP contribution in [0.2, 0.25) is 0 Å². The number of methoxy groups -OCH3 is 1. The molecule has 0 heterocycles. The Kier molecular flexibility index (Phi) is 13.6. The van der Waals surface area contributed by atoms with E-state index in [4.69, 9.17) is 4.74 Å². The van der Waals surface area contributed by atoms with Crippen molar-refractivity contribution in [2.45, 2.75) is 31.1 Å². The van der Waals surface area contributed by atoms with Gasteiger partial charge in [-0.25, -0.2) is 0 Å². The van der Waals surface area contributed by atoms with E-state index >= 15 is 0 Å². The SMILES string of the molecule is COc1ccc(CCN(CC(=O)NCCC(c2ccccc2)c2ccccc2)C(=O)CNCCC(c2ccccc2)c2ccccc2)cc1. The van der Waals surface area contributed by atoms with Crippen molar-refractivity contribution in [2.24, 2.45) is 0 Å². The van der Waals surface area contributed by atoms with Gasteiger partial charge in [-0.05, 0) is 65.8 Å². The molecule has 0 spiro atoms. The molecule has 2 N–H and O–H groups in total. The van der Waals surface area contributed by atoms with Crippen LogP contribution in [0.3, 0.4) is 0 Å². The molecule has 5 rings (SSSR count). The van der Waals surface area contributed by atoms with Crippen LogP contribution in [0.1, 0.15) is 52.5 Å². The first kappa shape index (κ1) is 35.1. The van der Waals surface area contributed by atoms with E-state index in [0.717, 1.165) is 24.2 Å². The van der Waals surface area contributed by atoms with E-state index in [1.54, 1.807) is 12.0 Å². The number of nitrogens with one attached hydrogen (secondary N) is 2. The number of hydrogen-bond donors (Lipinski definition) is 2. The molecule has 0 aliphatic carbocycles. The summed E-state index contributed by atoms with van der Waals surface area (Å²) in [5.41, 5.74) is 6.01. The number of ether oxygens (including phenoxy) is 1. The van der Waals surface area contributed by atoms with Gasteiger partial charge in [0.15, 0.2) is 0 Å². The summed E-state index contributed by atoms with van der Waals surface area (Å²) in [5.74, 6) is 0.920. The molecule has 0 aliphatic heterocycles. The van der Waals surface area contributed by atoms with E-state index in [1.165, 1.54) is 22.3 Å². The van der Waals surface area contributed by atoms with E-state index in [0.29, 0.717) is 26.1 Å². The lowest BCUT2D eigenvalue weighted by Gasteiger charge is -2.24. The van der Waals surface area contributed by atoms with Gasteiger partial charge < -0.3 is 20.3 Å². The summed E-state index contributed by atoms with van der Waals surface area (Å²) in [4.78, 5) is 28.6. The van der Waals surface area contributed by atoms with Gasteiger partial charge in [0.05, 0.1) is 20.2 Å². The molecule has 252 valence electrons. The maximum Gasteiger partial charge on any atom is 0.239 e. The summed E-state index contributed by atoms with van der Waals surface area (Å²) in [5, 5.41) is 6.48. The van der Waals surface area contributed by atoms with Crippen molar-refractivity contribution in [1.82, 2.24) is 15.5 Å². The summed E-state index contributed by atoms with van der Waals surface area (Å²) < 4.78 is 5.30. The van der Waals surface area contributed by atoms with E-state index in [9.17, 15) is 9.59 Å². The fraction of sp³-hybridized carbons (Fsp3) is 0.256. The number of rotatable bonds is 18. The van der Waals surface area contributed by atoms with Crippen LogP contribution in [0.4, 0.5) is 0 Å². The lowest BCUT2D eigenvalue weighted by molar-refractivity contribution is -0.135. The van der Waals surface area contributed by atoms with Gasteiger partial charge in [-0.3, -0.25) is 9.59 Å². The molecule has 49 heavy (non-hydrogen) atoms. The topological polar surface area (TPSA) is 70.7 Å². The Bertz CT molecular complexity index is 1600. The van der Waals surface area contributed by atoms with Crippen LogP contribution >= 0.6 is 0 Å². The number of nitrogens with zero attached hydrogens (tertiary/aromatic N) is 1. The fourth-order valence-electron chi connectivity index (χ4n) is 6.28. The predicted octanol–water partition coefficient (Wildman–Crippen LogP) is 7.22. The van der Waals surface area contributed by atoms with Crippen LogP contribution in [0.25, 0.3) is 0 Å². The average molecular weight is 654 g/mol. The average Bonchev–Trinajstić information content (AvgIpc) is 3.16. The van der Waals surface area contributed by atoms with Gasteiger partial charge in [0.1, 0.15) is 5.75 Å². The van der Waals surface area contributed by atoms with Crippen LogP contribution in [0.15, 0.2) is 146 Å². The standard InChI is InChI=1S/C43H47N3O3/c1-49-39-24-22-34(23-25-39)28-31-46(33-42(47)45-30-27-41(37-18-10-4-11-19-37)38-20-12-5-13-21-38)43(48)32-44-29-26-40(35-14-6-2-7-15-35)36-16-8-3-9-17-36/h2-25,40-41,44H,26-33H2,1H3,(H,45,47). The zero-order valence-corrected chi connectivity index (χ0v) is 28.3. The van der Waals surface area contributed by atoms with Crippen molar-refractivity contribution in [3.63, 3.8) is 0 Å². The summed E-state index contributed by atoms with van der Waals surface area (Å²) >= 11 is 0. The van der Waals surface area contributed by atoms with Crippen LogP contribution < -0.4 is 15.4 Å². The molecule has 0 unspecified atom stereocenters.